The lowest BCUT2D eigenvalue weighted by atomic mass is 10.2. The Labute approximate surface area is 73.6 Å². The highest BCUT2D eigenvalue weighted by Gasteiger charge is 2.08. The Hall–Kier alpha value is -2.02. The third kappa shape index (κ3) is 1.02. The van der Waals surface area contributed by atoms with Gasteiger partial charge < -0.3 is 10.7 Å². The fourth-order valence-corrected chi connectivity index (χ4v) is 1.31. The van der Waals surface area contributed by atoms with Crippen molar-refractivity contribution in [2.75, 3.05) is 5.73 Å². The van der Waals surface area contributed by atoms with Gasteiger partial charge >= 0.3 is 0 Å². The number of aromatic amines is 1. The standard InChI is InChI=1S/C9H6FN3/c10-5-1-2-6-7(4-11)9(12)13-8(6)3-5/h1-3,13H,12H2. The van der Waals surface area contributed by atoms with Crippen molar-refractivity contribution in [2.24, 2.45) is 0 Å². The third-order valence-corrected chi connectivity index (χ3v) is 1.90. The van der Waals surface area contributed by atoms with Crippen molar-refractivity contribution in [2.45, 2.75) is 0 Å². The predicted octanol–water partition coefficient (Wildman–Crippen LogP) is 1.76. The predicted molar refractivity (Wildman–Crippen MR) is 47.4 cm³/mol. The summed E-state index contributed by atoms with van der Waals surface area (Å²) < 4.78 is 12.7. The van der Waals surface area contributed by atoms with Crippen molar-refractivity contribution in [1.82, 2.24) is 4.98 Å². The van der Waals surface area contributed by atoms with Gasteiger partial charge in [-0.2, -0.15) is 5.26 Å². The van der Waals surface area contributed by atoms with E-state index in [4.69, 9.17) is 11.0 Å². The van der Waals surface area contributed by atoms with Gasteiger partial charge in [0.1, 0.15) is 23.3 Å². The minimum Gasteiger partial charge on any atom is -0.384 e. The molecule has 3 nitrogen and oxygen atoms in total. The second kappa shape index (κ2) is 2.49. The maximum atomic E-state index is 12.7. The molecule has 0 saturated heterocycles. The van der Waals surface area contributed by atoms with Crippen molar-refractivity contribution >= 4 is 16.7 Å². The lowest BCUT2D eigenvalue weighted by molar-refractivity contribution is 0.629. The van der Waals surface area contributed by atoms with Crippen LogP contribution in [0.4, 0.5) is 10.2 Å². The van der Waals surface area contributed by atoms with E-state index in [0.717, 1.165) is 0 Å². The number of halogens is 1. The average molecular weight is 175 g/mol. The average Bonchev–Trinajstić information content (AvgIpc) is 2.39. The summed E-state index contributed by atoms with van der Waals surface area (Å²) in [5.41, 5.74) is 6.43. The summed E-state index contributed by atoms with van der Waals surface area (Å²) in [5, 5.41) is 9.38. The molecule has 0 aliphatic carbocycles. The molecule has 0 amide bonds. The first-order valence-electron chi connectivity index (χ1n) is 3.69. The molecule has 3 N–H and O–H groups in total. The molecule has 0 aliphatic heterocycles. The van der Waals surface area contributed by atoms with E-state index in [1.165, 1.54) is 18.2 Å². The van der Waals surface area contributed by atoms with Gasteiger partial charge in [-0.1, -0.05) is 0 Å². The minimum absolute atomic E-state index is 0.281. The molecule has 1 heterocycles. The smallest absolute Gasteiger partial charge is 0.125 e. The molecule has 4 heteroatoms. The highest BCUT2D eigenvalue weighted by atomic mass is 19.1. The number of nitriles is 1. The van der Waals surface area contributed by atoms with Crippen LogP contribution in [-0.2, 0) is 0 Å². The third-order valence-electron chi connectivity index (χ3n) is 1.90. The zero-order chi connectivity index (χ0) is 9.42. The molecule has 0 bridgehead atoms. The molecule has 0 unspecified atom stereocenters. The van der Waals surface area contributed by atoms with E-state index in [1.807, 2.05) is 6.07 Å². The number of anilines is 1. The highest BCUT2D eigenvalue weighted by molar-refractivity contribution is 5.90. The quantitative estimate of drug-likeness (QED) is 0.640. The van der Waals surface area contributed by atoms with Crippen LogP contribution in [0.1, 0.15) is 5.56 Å². The van der Waals surface area contributed by atoms with Crippen LogP contribution in [0.25, 0.3) is 10.9 Å². The number of nitrogen functional groups attached to an aromatic ring is 1. The second-order valence-electron chi connectivity index (χ2n) is 2.72. The van der Waals surface area contributed by atoms with E-state index < -0.39 is 0 Å². The number of nitrogens with one attached hydrogen (secondary N) is 1. The number of H-pyrrole nitrogens is 1. The summed E-state index contributed by atoms with van der Waals surface area (Å²) in [6.45, 7) is 0. The Morgan fingerprint density at radius 3 is 2.92 bits per heavy atom. The van der Waals surface area contributed by atoms with Gasteiger partial charge in [0, 0.05) is 5.39 Å². The fraction of sp³-hybridized carbons (Fsp3) is 0. The zero-order valence-electron chi connectivity index (χ0n) is 6.63. The van der Waals surface area contributed by atoms with Gasteiger partial charge in [0.25, 0.3) is 0 Å². The summed E-state index contributed by atoms with van der Waals surface area (Å²) in [4.78, 5) is 2.73. The van der Waals surface area contributed by atoms with Crippen LogP contribution in [-0.4, -0.2) is 4.98 Å². The largest absolute Gasteiger partial charge is 0.384 e. The lowest BCUT2D eigenvalue weighted by Crippen LogP contribution is -1.85. The molecule has 0 fully saturated rings. The molecular formula is C9H6FN3. The van der Waals surface area contributed by atoms with Crippen LogP contribution in [0, 0.1) is 17.1 Å². The molecule has 13 heavy (non-hydrogen) atoms. The summed E-state index contributed by atoms with van der Waals surface area (Å²) in [7, 11) is 0. The minimum atomic E-state index is -0.349. The van der Waals surface area contributed by atoms with Crippen LogP contribution in [0.5, 0.6) is 0 Å². The molecular weight excluding hydrogens is 169 g/mol. The number of rotatable bonds is 0. The van der Waals surface area contributed by atoms with Crippen LogP contribution >= 0.6 is 0 Å². The topological polar surface area (TPSA) is 65.6 Å². The van der Waals surface area contributed by atoms with Gasteiger partial charge in [0.2, 0.25) is 0 Å². The normalized spacial score (nSPS) is 10.2. The highest BCUT2D eigenvalue weighted by Crippen LogP contribution is 2.23. The van der Waals surface area contributed by atoms with Crippen molar-refractivity contribution in [3.63, 3.8) is 0 Å². The Bertz CT molecular complexity index is 507. The molecule has 0 spiro atoms. The summed E-state index contributed by atoms with van der Waals surface area (Å²) >= 11 is 0. The number of hydrogen-bond acceptors (Lipinski definition) is 2. The first-order valence-corrected chi connectivity index (χ1v) is 3.69. The zero-order valence-corrected chi connectivity index (χ0v) is 6.63. The number of aromatic nitrogens is 1. The van der Waals surface area contributed by atoms with E-state index in [9.17, 15) is 4.39 Å². The number of nitrogens with zero attached hydrogens (tertiary/aromatic N) is 1. The molecule has 0 radical (unpaired) electrons. The van der Waals surface area contributed by atoms with Gasteiger partial charge in [-0.15, -0.1) is 0 Å². The van der Waals surface area contributed by atoms with Crippen LogP contribution in [0.2, 0.25) is 0 Å². The maximum Gasteiger partial charge on any atom is 0.125 e. The molecule has 0 atom stereocenters. The SMILES string of the molecule is N#Cc1c(N)[nH]c2cc(F)ccc12. The summed E-state index contributed by atoms with van der Waals surface area (Å²) in [6.07, 6.45) is 0. The van der Waals surface area contributed by atoms with Crippen molar-refractivity contribution in [3.8, 4) is 6.07 Å². The molecule has 1 aromatic heterocycles. The monoisotopic (exact) mass is 175 g/mol. The van der Waals surface area contributed by atoms with Crippen molar-refractivity contribution in [3.05, 3.63) is 29.6 Å². The molecule has 0 aliphatic rings. The van der Waals surface area contributed by atoms with Crippen LogP contribution in [0.3, 0.4) is 0 Å². The number of nitrogens with two attached hydrogens (primary N) is 1. The first kappa shape index (κ1) is 7.62. The Morgan fingerprint density at radius 1 is 1.46 bits per heavy atom. The van der Waals surface area contributed by atoms with E-state index in [0.29, 0.717) is 16.5 Å². The number of benzene rings is 1. The molecule has 2 aromatic rings. The van der Waals surface area contributed by atoms with Crippen LogP contribution in [0.15, 0.2) is 18.2 Å². The Morgan fingerprint density at radius 2 is 2.23 bits per heavy atom. The van der Waals surface area contributed by atoms with Gasteiger partial charge in [0.15, 0.2) is 0 Å². The van der Waals surface area contributed by atoms with Gasteiger partial charge in [0.05, 0.1) is 5.52 Å². The molecule has 1 aromatic carbocycles. The molecule has 2 rings (SSSR count). The molecule has 64 valence electrons. The maximum absolute atomic E-state index is 12.7. The van der Waals surface area contributed by atoms with Crippen molar-refractivity contribution < 1.29 is 4.39 Å². The van der Waals surface area contributed by atoms with Crippen molar-refractivity contribution in [1.29, 1.82) is 5.26 Å². The number of fused-ring (bicyclic) bond motifs is 1. The second-order valence-corrected chi connectivity index (χ2v) is 2.72. The van der Waals surface area contributed by atoms with Crippen LogP contribution < -0.4 is 5.73 Å². The first-order chi connectivity index (χ1) is 6.22. The summed E-state index contributed by atoms with van der Waals surface area (Å²) in [5.74, 6) is -0.0682. The van der Waals surface area contributed by atoms with E-state index in [-0.39, 0.29) is 11.6 Å². The summed E-state index contributed by atoms with van der Waals surface area (Å²) in [6, 6.07) is 6.11. The fourth-order valence-electron chi connectivity index (χ4n) is 1.31. The number of hydrogen-bond donors (Lipinski definition) is 2. The van der Waals surface area contributed by atoms with Gasteiger partial charge in [-0.25, -0.2) is 4.39 Å². The van der Waals surface area contributed by atoms with Gasteiger partial charge in [-0.05, 0) is 18.2 Å². The Kier molecular flexibility index (Phi) is 1.46. The van der Waals surface area contributed by atoms with E-state index in [2.05, 4.69) is 4.98 Å². The van der Waals surface area contributed by atoms with E-state index >= 15 is 0 Å². The lowest BCUT2D eigenvalue weighted by Gasteiger charge is -1.88. The Balaban J connectivity index is 2.88. The molecule has 0 saturated carbocycles. The van der Waals surface area contributed by atoms with Gasteiger partial charge in [-0.3, -0.25) is 0 Å². The van der Waals surface area contributed by atoms with E-state index in [1.54, 1.807) is 0 Å².